The third-order valence-corrected chi connectivity index (χ3v) is 5.98. The minimum Gasteiger partial charge on any atom is -0.342 e. The SMILES string of the molecule is Cc1ccc(-n2nc(C)c(CC(=O)N3CCC(C)(CN)C3)c2C)cc1Cl.Cl. The number of hydrogen-bond acceptors (Lipinski definition) is 3. The molecular weight excluding hydrogens is 383 g/mol. The zero-order chi connectivity index (χ0) is 19.1. The average Bonchev–Trinajstić information content (AvgIpc) is 3.13. The average molecular weight is 411 g/mol. The minimum atomic E-state index is 0. The first-order valence-corrected chi connectivity index (χ1v) is 9.41. The third kappa shape index (κ3) is 4.31. The molecule has 3 rings (SSSR count). The van der Waals surface area contributed by atoms with Crippen molar-refractivity contribution in [3.8, 4) is 5.69 Å². The summed E-state index contributed by atoms with van der Waals surface area (Å²) < 4.78 is 1.87. The van der Waals surface area contributed by atoms with E-state index in [1.807, 2.05) is 48.6 Å². The Morgan fingerprint density at radius 3 is 2.63 bits per heavy atom. The van der Waals surface area contributed by atoms with Crippen molar-refractivity contribution in [2.24, 2.45) is 11.1 Å². The van der Waals surface area contributed by atoms with Crippen LogP contribution in [0.15, 0.2) is 18.2 Å². The summed E-state index contributed by atoms with van der Waals surface area (Å²) in [5, 5.41) is 5.36. The van der Waals surface area contributed by atoms with Crippen LogP contribution in [0.4, 0.5) is 0 Å². The molecule has 0 saturated carbocycles. The van der Waals surface area contributed by atoms with Gasteiger partial charge in [0.1, 0.15) is 0 Å². The lowest BCUT2D eigenvalue weighted by Crippen LogP contribution is -2.35. The van der Waals surface area contributed by atoms with Crippen molar-refractivity contribution >= 4 is 29.9 Å². The molecule has 2 aromatic rings. The van der Waals surface area contributed by atoms with Crippen LogP contribution in [0.5, 0.6) is 0 Å². The van der Waals surface area contributed by atoms with E-state index in [1.165, 1.54) is 0 Å². The highest BCUT2D eigenvalue weighted by Crippen LogP contribution is 2.29. The Labute approximate surface area is 172 Å². The number of aryl methyl sites for hydroxylation is 2. The van der Waals surface area contributed by atoms with Crippen LogP contribution in [0.1, 0.15) is 35.9 Å². The molecule has 1 aliphatic heterocycles. The Bertz CT molecular complexity index is 849. The highest BCUT2D eigenvalue weighted by molar-refractivity contribution is 6.31. The van der Waals surface area contributed by atoms with Crippen molar-refractivity contribution in [3.63, 3.8) is 0 Å². The number of amides is 1. The first-order chi connectivity index (χ1) is 12.2. The fourth-order valence-corrected chi connectivity index (χ4v) is 3.74. The second-order valence-corrected chi connectivity index (χ2v) is 8.16. The number of benzene rings is 1. The Morgan fingerprint density at radius 1 is 1.33 bits per heavy atom. The van der Waals surface area contributed by atoms with Crippen LogP contribution < -0.4 is 5.73 Å². The number of aromatic nitrogens is 2. The van der Waals surface area contributed by atoms with Crippen molar-refractivity contribution in [3.05, 3.63) is 45.7 Å². The summed E-state index contributed by atoms with van der Waals surface area (Å²) in [5.41, 5.74) is 10.7. The van der Waals surface area contributed by atoms with Crippen LogP contribution in [-0.4, -0.2) is 40.2 Å². The molecule has 7 heteroatoms. The fourth-order valence-electron chi connectivity index (χ4n) is 3.56. The smallest absolute Gasteiger partial charge is 0.227 e. The molecule has 27 heavy (non-hydrogen) atoms. The fraction of sp³-hybridized carbons (Fsp3) is 0.500. The van der Waals surface area contributed by atoms with E-state index in [0.29, 0.717) is 18.0 Å². The molecule has 1 atom stereocenters. The number of hydrogen-bond donors (Lipinski definition) is 1. The summed E-state index contributed by atoms with van der Waals surface area (Å²) >= 11 is 6.26. The molecule has 5 nitrogen and oxygen atoms in total. The lowest BCUT2D eigenvalue weighted by Gasteiger charge is -2.22. The van der Waals surface area contributed by atoms with Gasteiger partial charge in [-0.3, -0.25) is 4.79 Å². The molecular formula is C20H28Cl2N4O. The number of likely N-dealkylation sites (tertiary alicyclic amines) is 1. The maximum Gasteiger partial charge on any atom is 0.227 e. The van der Waals surface area contributed by atoms with Crippen LogP contribution in [0.3, 0.4) is 0 Å². The lowest BCUT2D eigenvalue weighted by molar-refractivity contribution is -0.129. The zero-order valence-corrected chi connectivity index (χ0v) is 18.0. The first kappa shape index (κ1) is 21.7. The maximum atomic E-state index is 12.8. The molecule has 1 saturated heterocycles. The summed E-state index contributed by atoms with van der Waals surface area (Å²) in [7, 11) is 0. The van der Waals surface area contributed by atoms with E-state index in [9.17, 15) is 4.79 Å². The number of halogens is 2. The minimum absolute atomic E-state index is 0. The van der Waals surface area contributed by atoms with E-state index in [2.05, 4.69) is 12.0 Å². The second kappa shape index (κ2) is 8.21. The van der Waals surface area contributed by atoms with Gasteiger partial charge >= 0.3 is 0 Å². The van der Waals surface area contributed by atoms with Crippen LogP contribution in [0.2, 0.25) is 5.02 Å². The van der Waals surface area contributed by atoms with Gasteiger partial charge < -0.3 is 10.6 Å². The molecule has 2 heterocycles. The van der Waals surface area contributed by atoms with Crippen LogP contribution >= 0.6 is 24.0 Å². The normalized spacial score (nSPS) is 19.3. The van der Waals surface area contributed by atoms with Gasteiger partial charge in [-0.15, -0.1) is 12.4 Å². The maximum absolute atomic E-state index is 12.8. The lowest BCUT2D eigenvalue weighted by atomic mass is 9.90. The van der Waals surface area contributed by atoms with Crippen molar-refractivity contribution in [1.29, 1.82) is 0 Å². The summed E-state index contributed by atoms with van der Waals surface area (Å²) in [6, 6.07) is 5.89. The van der Waals surface area contributed by atoms with Gasteiger partial charge in [-0.05, 0) is 56.8 Å². The Kier molecular flexibility index (Phi) is 6.61. The number of carbonyl (C=O) groups is 1. The van der Waals surface area contributed by atoms with Gasteiger partial charge in [0, 0.05) is 29.4 Å². The number of rotatable bonds is 4. The predicted molar refractivity (Wildman–Crippen MR) is 112 cm³/mol. The van der Waals surface area contributed by atoms with Crippen LogP contribution in [0.25, 0.3) is 5.69 Å². The Morgan fingerprint density at radius 2 is 2.04 bits per heavy atom. The molecule has 2 N–H and O–H groups in total. The molecule has 1 fully saturated rings. The van der Waals surface area contributed by atoms with Gasteiger partial charge in [0.15, 0.2) is 0 Å². The molecule has 0 spiro atoms. The van der Waals surface area contributed by atoms with Gasteiger partial charge in [-0.1, -0.05) is 24.6 Å². The zero-order valence-electron chi connectivity index (χ0n) is 16.4. The summed E-state index contributed by atoms with van der Waals surface area (Å²) in [5.74, 6) is 0.148. The van der Waals surface area contributed by atoms with Crippen molar-refractivity contribution in [2.45, 2.75) is 40.5 Å². The van der Waals surface area contributed by atoms with Crippen molar-refractivity contribution in [2.75, 3.05) is 19.6 Å². The second-order valence-electron chi connectivity index (χ2n) is 7.75. The standard InChI is InChI=1S/C20H27ClN4O.ClH/c1-13-5-6-16(9-18(13)21)25-15(3)17(14(2)23-25)10-19(26)24-8-7-20(4,11-22)12-24;/h5-6,9H,7-8,10-12,22H2,1-4H3;1H. The molecule has 148 valence electrons. The summed E-state index contributed by atoms with van der Waals surface area (Å²) in [6.07, 6.45) is 1.34. The highest BCUT2D eigenvalue weighted by atomic mass is 35.5. The topological polar surface area (TPSA) is 64.2 Å². The van der Waals surface area contributed by atoms with E-state index in [-0.39, 0.29) is 23.7 Å². The highest BCUT2D eigenvalue weighted by Gasteiger charge is 2.35. The molecule has 1 aromatic carbocycles. The molecule has 0 radical (unpaired) electrons. The Balaban J connectivity index is 0.00000261. The van der Waals surface area contributed by atoms with Crippen LogP contribution in [-0.2, 0) is 11.2 Å². The summed E-state index contributed by atoms with van der Waals surface area (Å²) in [4.78, 5) is 14.7. The van der Waals surface area contributed by atoms with Gasteiger partial charge in [0.2, 0.25) is 5.91 Å². The van der Waals surface area contributed by atoms with Crippen molar-refractivity contribution in [1.82, 2.24) is 14.7 Å². The molecule has 0 bridgehead atoms. The van der Waals surface area contributed by atoms with Gasteiger partial charge in [-0.25, -0.2) is 4.68 Å². The number of nitrogens with zero attached hydrogens (tertiary/aromatic N) is 3. The van der Waals surface area contributed by atoms with E-state index in [0.717, 1.165) is 47.7 Å². The predicted octanol–water partition coefficient (Wildman–Crippen LogP) is 3.61. The van der Waals surface area contributed by atoms with Gasteiger partial charge in [0.05, 0.1) is 17.8 Å². The molecule has 1 aromatic heterocycles. The quantitative estimate of drug-likeness (QED) is 0.836. The molecule has 0 aliphatic carbocycles. The van der Waals surface area contributed by atoms with Crippen molar-refractivity contribution < 1.29 is 4.79 Å². The molecule has 1 unspecified atom stereocenters. The summed E-state index contributed by atoms with van der Waals surface area (Å²) in [6.45, 7) is 10.2. The number of carbonyl (C=O) groups excluding carboxylic acids is 1. The third-order valence-electron chi connectivity index (χ3n) is 5.57. The largest absolute Gasteiger partial charge is 0.342 e. The molecule has 1 aliphatic rings. The van der Waals surface area contributed by atoms with Gasteiger partial charge in [-0.2, -0.15) is 5.10 Å². The van der Waals surface area contributed by atoms with E-state index >= 15 is 0 Å². The Hall–Kier alpha value is -1.56. The first-order valence-electron chi connectivity index (χ1n) is 9.03. The van der Waals surface area contributed by atoms with Gasteiger partial charge in [0.25, 0.3) is 0 Å². The van der Waals surface area contributed by atoms with E-state index < -0.39 is 0 Å². The van der Waals surface area contributed by atoms with Crippen LogP contribution in [0, 0.1) is 26.2 Å². The van der Waals surface area contributed by atoms with E-state index in [1.54, 1.807) is 0 Å². The number of nitrogens with two attached hydrogens (primary N) is 1. The molecule has 1 amide bonds. The monoisotopic (exact) mass is 410 g/mol. The van der Waals surface area contributed by atoms with E-state index in [4.69, 9.17) is 17.3 Å².